The van der Waals surface area contributed by atoms with E-state index in [1.54, 1.807) is 18.3 Å². The van der Waals surface area contributed by atoms with Crippen molar-refractivity contribution in [3.8, 4) is 5.75 Å². The lowest BCUT2D eigenvalue weighted by Crippen LogP contribution is -2.24. The number of benzene rings is 2. The highest BCUT2D eigenvalue weighted by atomic mass is 16.3. The van der Waals surface area contributed by atoms with Gasteiger partial charge < -0.3 is 15.0 Å². The van der Waals surface area contributed by atoms with Crippen LogP contribution in [-0.4, -0.2) is 20.6 Å². The van der Waals surface area contributed by atoms with Crippen molar-refractivity contribution in [2.24, 2.45) is 7.05 Å². The minimum Gasteiger partial charge on any atom is -0.506 e. The van der Waals surface area contributed by atoms with Gasteiger partial charge in [0.25, 0.3) is 5.91 Å². The number of phenolic OH excluding ortho intramolecular Hbond substituents is 1. The number of fused-ring (bicyclic) bond motifs is 1. The van der Waals surface area contributed by atoms with Gasteiger partial charge in [-0.15, -0.1) is 0 Å². The van der Waals surface area contributed by atoms with Gasteiger partial charge in [-0.3, -0.25) is 4.79 Å². The van der Waals surface area contributed by atoms with E-state index in [0.29, 0.717) is 11.9 Å². The second-order valence-corrected chi connectivity index (χ2v) is 4.82. The first-order valence-electron chi connectivity index (χ1n) is 6.62. The van der Waals surface area contributed by atoms with Crippen molar-refractivity contribution in [2.75, 3.05) is 0 Å². The fraction of sp³-hybridized carbons (Fsp3) is 0.125. The van der Waals surface area contributed by atoms with Gasteiger partial charge in [-0.25, -0.2) is 4.98 Å². The molecule has 5 heteroatoms. The maximum absolute atomic E-state index is 12.2. The molecule has 0 aliphatic carbocycles. The molecule has 0 spiro atoms. The molecular weight excluding hydrogens is 266 g/mol. The smallest absolute Gasteiger partial charge is 0.255 e. The summed E-state index contributed by atoms with van der Waals surface area (Å²) in [5.74, 6) is 0.440. The predicted octanol–water partition coefficient (Wildman–Crippen LogP) is 2.21. The fourth-order valence-electron chi connectivity index (χ4n) is 2.26. The van der Waals surface area contributed by atoms with Gasteiger partial charge >= 0.3 is 0 Å². The van der Waals surface area contributed by atoms with Crippen LogP contribution in [0.15, 0.2) is 48.8 Å². The van der Waals surface area contributed by atoms with E-state index in [1.807, 2.05) is 42.1 Å². The van der Waals surface area contributed by atoms with Crippen molar-refractivity contribution in [3.05, 3.63) is 60.2 Å². The van der Waals surface area contributed by atoms with Crippen LogP contribution >= 0.6 is 0 Å². The molecule has 1 heterocycles. The molecule has 0 atom stereocenters. The number of amides is 1. The minimum atomic E-state index is -0.318. The van der Waals surface area contributed by atoms with E-state index in [2.05, 4.69) is 10.3 Å². The number of phenols is 1. The van der Waals surface area contributed by atoms with E-state index >= 15 is 0 Å². The number of nitrogens with zero attached hydrogens (tertiary/aromatic N) is 2. The van der Waals surface area contributed by atoms with Crippen LogP contribution in [-0.2, 0) is 13.6 Å². The number of hydrogen-bond acceptors (Lipinski definition) is 3. The van der Waals surface area contributed by atoms with Crippen LogP contribution in [0, 0.1) is 0 Å². The first-order valence-corrected chi connectivity index (χ1v) is 6.62. The molecule has 0 radical (unpaired) electrons. The molecule has 2 aromatic carbocycles. The van der Waals surface area contributed by atoms with E-state index in [-0.39, 0.29) is 17.2 Å². The molecule has 21 heavy (non-hydrogen) atoms. The van der Waals surface area contributed by atoms with Crippen molar-refractivity contribution in [1.29, 1.82) is 0 Å². The summed E-state index contributed by atoms with van der Waals surface area (Å²) in [6.45, 7) is 0.314. The highest BCUT2D eigenvalue weighted by Crippen LogP contribution is 2.28. The van der Waals surface area contributed by atoms with Crippen LogP contribution < -0.4 is 5.32 Å². The van der Waals surface area contributed by atoms with Crippen LogP contribution in [0.5, 0.6) is 5.75 Å². The van der Waals surface area contributed by atoms with Crippen molar-refractivity contribution < 1.29 is 9.90 Å². The Labute approximate surface area is 121 Å². The highest BCUT2D eigenvalue weighted by Gasteiger charge is 2.13. The lowest BCUT2D eigenvalue weighted by atomic mass is 10.0. The first-order chi connectivity index (χ1) is 10.2. The summed E-state index contributed by atoms with van der Waals surface area (Å²) in [5, 5.41) is 14.6. The number of aryl methyl sites for hydroxylation is 1. The van der Waals surface area contributed by atoms with Gasteiger partial charge in [0, 0.05) is 24.8 Å². The van der Waals surface area contributed by atoms with Crippen LogP contribution in [0.4, 0.5) is 0 Å². The molecule has 2 N–H and O–H groups in total. The molecule has 0 fully saturated rings. The van der Waals surface area contributed by atoms with Gasteiger partial charge in [0.1, 0.15) is 11.6 Å². The molecule has 1 amide bonds. The Bertz CT molecular complexity index is 808. The molecular formula is C16H15N3O2. The monoisotopic (exact) mass is 281 g/mol. The maximum Gasteiger partial charge on any atom is 0.255 e. The summed E-state index contributed by atoms with van der Waals surface area (Å²) in [4.78, 5) is 16.3. The topological polar surface area (TPSA) is 67.2 Å². The lowest BCUT2D eigenvalue weighted by molar-refractivity contribution is 0.0947. The Morgan fingerprint density at radius 3 is 2.86 bits per heavy atom. The average Bonchev–Trinajstić information content (AvgIpc) is 2.91. The molecule has 0 saturated carbocycles. The first kappa shape index (κ1) is 13.2. The summed E-state index contributed by atoms with van der Waals surface area (Å²) >= 11 is 0. The molecule has 0 aliphatic heterocycles. The molecule has 0 unspecified atom stereocenters. The van der Waals surface area contributed by atoms with E-state index < -0.39 is 0 Å². The molecule has 3 aromatic rings. The standard InChI is InChI=1S/C16H15N3O2/c1-19-9-8-17-14(19)10-18-16(21)13-7-6-11-4-2-3-5-12(11)15(13)20/h2-9,20H,10H2,1H3,(H,18,21). The third-order valence-corrected chi connectivity index (χ3v) is 3.47. The van der Waals surface area contributed by atoms with Gasteiger partial charge in [0.2, 0.25) is 0 Å². The van der Waals surface area contributed by atoms with Crippen LogP contribution in [0.3, 0.4) is 0 Å². The molecule has 0 saturated heterocycles. The Morgan fingerprint density at radius 1 is 1.29 bits per heavy atom. The number of rotatable bonds is 3. The van der Waals surface area contributed by atoms with E-state index in [4.69, 9.17) is 0 Å². The summed E-state index contributed by atoms with van der Waals surface area (Å²) in [5.41, 5.74) is 0.267. The van der Waals surface area contributed by atoms with E-state index in [1.165, 1.54) is 0 Å². The Balaban J connectivity index is 1.85. The lowest BCUT2D eigenvalue weighted by Gasteiger charge is -2.09. The molecule has 1 aromatic heterocycles. The van der Waals surface area contributed by atoms with Gasteiger partial charge in [0.15, 0.2) is 0 Å². The summed E-state index contributed by atoms with van der Waals surface area (Å²) < 4.78 is 1.83. The number of nitrogens with one attached hydrogen (secondary N) is 1. The molecule has 0 aliphatic rings. The van der Waals surface area contributed by atoms with Gasteiger partial charge in [-0.05, 0) is 11.5 Å². The Kier molecular flexibility index (Phi) is 3.31. The number of aromatic hydroxyl groups is 1. The van der Waals surface area contributed by atoms with Gasteiger partial charge in [-0.2, -0.15) is 0 Å². The third kappa shape index (κ3) is 2.45. The van der Waals surface area contributed by atoms with Crippen LogP contribution in [0.2, 0.25) is 0 Å². The van der Waals surface area contributed by atoms with Crippen molar-refractivity contribution in [3.63, 3.8) is 0 Å². The average molecular weight is 281 g/mol. The number of carbonyl (C=O) groups is 1. The van der Waals surface area contributed by atoms with Crippen LogP contribution in [0.1, 0.15) is 16.2 Å². The zero-order valence-corrected chi connectivity index (χ0v) is 11.6. The number of hydrogen-bond donors (Lipinski definition) is 2. The molecule has 3 rings (SSSR count). The Hall–Kier alpha value is -2.82. The van der Waals surface area contributed by atoms with Crippen LogP contribution in [0.25, 0.3) is 10.8 Å². The number of imidazole rings is 1. The molecule has 5 nitrogen and oxygen atoms in total. The summed E-state index contributed by atoms with van der Waals surface area (Å²) in [6, 6.07) is 10.9. The quantitative estimate of drug-likeness (QED) is 0.773. The molecule has 106 valence electrons. The summed E-state index contributed by atoms with van der Waals surface area (Å²) in [7, 11) is 1.86. The zero-order valence-electron chi connectivity index (χ0n) is 11.6. The SMILES string of the molecule is Cn1ccnc1CNC(=O)c1ccc2ccccc2c1O. The fourth-order valence-corrected chi connectivity index (χ4v) is 2.26. The highest BCUT2D eigenvalue weighted by molar-refractivity contribution is 6.03. The van der Waals surface area contributed by atoms with E-state index in [0.717, 1.165) is 11.2 Å². The van der Waals surface area contributed by atoms with Gasteiger partial charge in [0.05, 0.1) is 12.1 Å². The largest absolute Gasteiger partial charge is 0.506 e. The third-order valence-electron chi connectivity index (χ3n) is 3.47. The van der Waals surface area contributed by atoms with Crippen molar-refractivity contribution in [2.45, 2.75) is 6.54 Å². The second-order valence-electron chi connectivity index (χ2n) is 4.82. The normalized spacial score (nSPS) is 10.7. The molecule has 0 bridgehead atoms. The summed E-state index contributed by atoms with van der Waals surface area (Å²) in [6.07, 6.45) is 3.49. The second kappa shape index (κ2) is 5.28. The number of carbonyl (C=O) groups excluding carboxylic acids is 1. The van der Waals surface area contributed by atoms with Gasteiger partial charge in [-0.1, -0.05) is 30.3 Å². The predicted molar refractivity (Wildman–Crippen MR) is 80.0 cm³/mol. The minimum absolute atomic E-state index is 0.00504. The van der Waals surface area contributed by atoms with Crippen molar-refractivity contribution >= 4 is 16.7 Å². The number of aromatic nitrogens is 2. The zero-order chi connectivity index (χ0) is 14.8. The maximum atomic E-state index is 12.2. The van der Waals surface area contributed by atoms with Crippen molar-refractivity contribution in [1.82, 2.24) is 14.9 Å². The van der Waals surface area contributed by atoms with E-state index in [9.17, 15) is 9.90 Å². The Morgan fingerprint density at radius 2 is 2.10 bits per heavy atom.